The Bertz CT molecular complexity index is 350. The summed E-state index contributed by atoms with van der Waals surface area (Å²) < 4.78 is 4.41. The molecule has 0 aliphatic carbocycles. The van der Waals surface area contributed by atoms with Gasteiger partial charge in [-0.05, 0) is 12.8 Å². The summed E-state index contributed by atoms with van der Waals surface area (Å²) in [6.07, 6.45) is 1.54. The van der Waals surface area contributed by atoms with E-state index in [1.807, 2.05) is 0 Å². The van der Waals surface area contributed by atoms with Gasteiger partial charge < -0.3 is 10.0 Å². The maximum absolute atomic E-state index is 9.45. The van der Waals surface area contributed by atoms with Gasteiger partial charge in [0.25, 0.3) is 0 Å². The Morgan fingerprint density at radius 2 is 1.94 bits per heavy atom. The molecule has 1 aliphatic heterocycles. The standard InChI is InChI=1S/C11H19N3OS/c1-11(2,3)9-12-10(16-13-9)14-6-4-8(15)5-7-14/h8,15H,4-7H2,1-3H3. The molecule has 0 atom stereocenters. The van der Waals surface area contributed by atoms with Crippen LogP contribution in [0.2, 0.25) is 0 Å². The number of anilines is 1. The summed E-state index contributed by atoms with van der Waals surface area (Å²) in [5.41, 5.74) is 0.0179. The zero-order valence-corrected chi connectivity index (χ0v) is 10.9. The van der Waals surface area contributed by atoms with Gasteiger partial charge in [0.2, 0.25) is 5.13 Å². The molecule has 1 N–H and O–H groups in total. The van der Waals surface area contributed by atoms with Gasteiger partial charge in [0.15, 0.2) is 0 Å². The fourth-order valence-corrected chi connectivity index (χ4v) is 2.61. The van der Waals surface area contributed by atoms with Crippen LogP contribution in [-0.2, 0) is 5.41 Å². The van der Waals surface area contributed by atoms with Gasteiger partial charge in [0.1, 0.15) is 5.82 Å². The molecule has 4 nitrogen and oxygen atoms in total. The van der Waals surface area contributed by atoms with Crippen molar-refractivity contribution in [3.63, 3.8) is 0 Å². The summed E-state index contributed by atoms with van der Waals surface area (Å²) in [4.78, 5) is 6.80. The molecule has 0 spiro atoms. The number of aliphatic hydroxyl groups is 1. The van der Waals surface area contributed by atoms with Crippen molar-refractivity contribution in [2.75, 3.05) is 18.0 Å². The molecular formula is C11H19N3OS. The van der Waals surface area contributed by atoms with Crippen molar-refractivity contribution in [2.45, 2.75) is 45.1 Å². The third-order valence-electron chi connectivity index (χ3n) is 2.82. The first-order valence-corrected chi connectivity index (χ1v) is 6.51. The van der Waals surface area contributed by atoms with Crippen molar-refractivity contribution in [1.82, 2.24) is 9.36 Å². The van der Waals surface area contributed by atoms with E-state index < -0.39 is 0 Å². The molecule has 16 heavy (non-hydrogen) atoms. The van der Waals surface area contributed by atoms with Crippen LogP contribution in [0.4, 0.5) is 5.13 Å². The van der Waals surface area contributed by atoms with Gasteiger partial charge in [0, 0.05) is 30.0 Å². The third-order valence-corrected chi connectivity index (χ3v) is 3.60. The second-order valence-electron chi connectivity index (χ2n) is 5.37. The Kier molecular flexibility index (Phi) is 3.17. The molecule has 1 aliphatic rings. The lowest BCUT2D eigenvalue weighted by molar-refractivity contribution is 0.145. The lowest BCUT2D eigenvalue weighted by Gasteiger charge is -2.28. The number of hydrogen-bond donors (Lipinski definition) is 1. The SMILES string of the molecule is CC(C)(C)c1nsc(N2CCC(O)CC2)n1. The normalized spacial score (nSPS) is 19.1. The molecule has 0 saturated carbocycles. The average Bonchev–Trinajstić information content (AvgIpc) is 2.67. The molecule has 0 amide bonds. The van der Waals surface area contributed by atoms with Crippen molar-refractivity contribution < 1.29 is 5.11 Å². The van der Waals surface area contributed by atoms with E-state index in [9.17, 15) is 5.11 Å². The highest BCUT2D eigenvalue weighted by Gasteiger charge is 2.24. The summed E-state index contributed by atoms with van der Waals surface area (Å²) in [5, 5.41) is 10.4. The first-order chi connectivity index (χ1) is 7.47. The highest BCUT2D eigenvalue weighted by Crippen LogP contribution is 2.27. The summed E-state index contributed by atoms with van der Waals surface area (Å²) in [6, 6.07) is 0. The monoisotopic (exact) mass is 241 g/mol. The van der Waals surface area contributed by atoms with E-state index >= 15 is 0 Å². The van der Waals surface area contributed by atoms with Crippen molar-refractivity contribution in [1.29, 1.82) is 0 Å². The Labute approximate surface area is 100 Å². The number of hydrogen-bond acceptors (Lipinski definition) is 5. The van der Waals surface area contributed by atoms with Gasteiger partial charge in [-0.1, -0.05) is 20.8 Å². The minimum atomic E-state index is -0.133. The van der Waals surface area contributed by atoms with E-state index in [0.29, 0.717) is 0 Å². The number of rotatable bonds is 1. The van der Waals surface area contributed by atoms with Gasteiger partial charge >= 0.3 is 0 Å². The van der Waals surface area contributed by atoms with Crippen LogP contribution in [0.3, 0.4) is 0 Å². The van der Waals surface area contributed by atoms with Crippen molar-refractivity contribution in [3.05, 3.63) is 5.82 Å². The number of piperidine rings is 1. The topological polar surface area (TPSA) is 49.2 Å². The van der Waals surface area contributed by atoms with Crippen LogP contribution >= 0.6 is 11.5 Å². The molecule has 0 unspecified atom stereocenters. The van der Waals surface area contributed by atoms with Crippen molar-refractivity contribution in [2.24, 2.45) is 0 Å². The fourth-order valence-electron chi connectivity index (χ4n) is 1.71. The molecular weight excluding hydrogens is 222 g/mol. The third kappa shape index (κ3) is 2.52. The highest BCUT2D eigenvalue weighted by atomic mass is 32.1. The van der Waals surface area contributed by atoms with E-state index in [4.69, 9.17) is 0 Å². The van der Waals surface area contributed by atoms with Gasteiger partial charge in [0.05, 0.1) is 6.10 Å². The highest BCUT2D eigenvalue weighted by molar-refractivity contribution is 7.09. The molecule has 1 fully saturated rings. The predicted octanol–water partition coefficient (Wildman–Crippen LogP) is 1.80. The number of nitrogens with zero attached hydrogens (tertiary/aromatic N) is 3. The van der Waals surface area contributed by atoms with Crippen LogP contribution in [0.1, 0.15) is 39.4 Å². The number of aliphatic hydroxyl groups excluding tert-OH is 1. The first kappa shape index (κ1) is 11.8. The second-order valence-corrected chi connectivity index (χ2v) is 6.10. The molecule has 2 heterocycles. The first-order valence-electron chi connectivity index (χ1n) is 5.74. The van der Waals surface area contributed by atoms with Crippen LogP contribution in [0.15, 0.2) is 0 Å². The molecule has 5 heteroatoms. The average molecular weight is 241 g/mol. The Morgan fingerprint density at radius 1 is 1.31 bits per heavy atom. The van der Waals surface area contributed by atoms with Crippen molar-refractivity contribution in [3.8, 4) is 0 Å². The lowest BCUT2D eigenvalue weighted by atomic mass is 9.96. The summed E-state index contributed by atoms with van der Waals surface area (Å²) >= 11 is 1.47. The van der Waals surface area contributed by atoms with Crippen LogP contribution in [-0.4, -0.2) is 33.7 Å². The molecule has 2 rings (SSSR count). The summed E-state index contributed by atoms with van der Waals surface area (Å²) in [7, 11) is 0. The molecule has 0 aromatic carbocycles. The van der Waals surface area contributed by atoms with E-state index in [2.05, 4.69) is 35.0 Å². The van der Waals surface area contributed by atoms with Gasteiger partial charge in [-0.15, -0.1) is 0 Å². The molecule has 0 radical (unpaired) electrons. The lowest BCUT2D eigenvalue weighted by Crippen LogP contribution is -2.35. The summed E-state index contributed by atoms with van der Waals surface area (Å²) in [5.74, 6) is 0.915. The predicted molar refractivity (Wildman–Crippen MR) is 66.1 cm³/mol. The molecule has 1 aromatic heterocycles. The maximum Gasteiger partial charge on any atom is 0.205 e. The van der Waals surface area contributed by atoms with Gasteiger partial charge in [-0.2, -0.15) is 4.37 Å². The van der Waals surface area contributed by atoms with E-state index in [-0.39, 0.29) is 11.5 Å². The maximum atomic E-state index is 9.45. The van der Waals surface area contributed by atoms with Crippen LogP contribution in [0, 0.1) is 0 Å². The van der Waals surface area contributed by atoms with Gasteiger partial charge in [-0.25, -0.2) is 4.98 Å². The van der Waals surface area contributed by atoms with E-state index in [1.54, 1.807) is 0 Å². The Hall–Kier alpha value is -0.680. The fraction of sp³-hybridized carbons (Fsp3) is 0.818. The quantitative estimate of drug-likeness (QED) is 0.814. The largest absolute Gasteiger partial charge is 0.393 e. The number of aromatic nitrogens is 2. The minimum Gasteiger partial charge on any atom is -0.393 e. The molecule has 1 aromatic rings. The van der Waals surface area contributed by atoms with E-state index in [1.165, 1.54) is 11.5 Å². The molecule has 0 bridgehead atoms. The minimum absolute atomic E-state index is 0.0179. The van der Waals surface area contributed by atoms with Crippen LogP contribution < -0.4 is 4.90 Å². The van der Waals surface area contributed by atoms with Gasteiger partial charge in [-0.3, -0.25) is 0 Å². The summed E-state index contributed by atoms with van der Waals surface area (Å²) in [6.45, 7) is 8.15. The smallest absolute Gasteiger partial charge is 0.205 e. The molecule has 1 saturated heterocycles. The Balaban J connectivity index is 2.08. The zero-order chi connectivity index (χ0) is 11.8. The second kappa shape index (κ2) is 4.30. The Morgan fingerprint density at radius 3 is 2.44 bits per heavy atom. The van der Waals surface area contributed by atoms with E-state index in [0.717, 1.165) is 36.9 Å². The molecule has 90 valence electrons. The van der Waals surface area contributed by atoms with Crippen LogP contribution in [0.5, 0.6) is 0 Å². The zero-order valence-electron chi connectivity index (χ0n) is 10.1. The van der Waals surface area contributed by atoms with Crippen molar-refractivity contribution >= 4 is 16.7 Å². The van der Waals surface area contributed by atoms with Crippen LogP contribution in [0.25, 0.3) is 0 Å².